The van der Waals surface area contributed by atoms with Gasteiger partial charge in [0, 0.05) is 18.4 Å². The summed E-state index contributed by atoms with van der Waals surface area (Å²) in [6.07, 6.45) is 5.96. The van der Waals surface area contributed by atoms with E-state index in [1.165, 1.54) is 16.7 Å². The number of aromatic nitrogens is 1. The Bertz CT molecular complexity index is 583. The molecule has 0 saturated carbocycles. The van der Waals surface area contributed by atoms with E-state index in [0.717, 1.165) is 18.6 Å². The summed E-state index contributed by atoms with van der Waals surface area (Å²) in [4.78, 5) is 4.25. The maximum atomic E-state index is 5.37. The molecule has 0 radical (unpaired) electrons. The Hall–Kier alpha value is -1.87. The van der Waals surface area contributed by atoms with Crippen LogP contribution in [0.25, 0.3) is 0 Å². The van der Waals surface area contributed by atoms with Gasteiger partial charge in [-0.3, -0.25) is 4.98 Å². The van der Waals surface area contributed by atoms with Gasteiger partial charge in [0.05, 0.1) is 13.2 Å². The zero-order valence-corrected chi connectivity index (χ0v) is 12.0. The average molecular weight is 268 g/mol. The molecule has 104 valence electrons. The second-order valence-electron chi connectivity index (χ2n) is 5.26. The van der Waals surface area contributed by atoms with Crippen LogP contribution in [0.15, 0.2) is 42.7 Å². The highest BCUT2D eigenvalue weighted by Crippen LogP contribution is 2.33. The predicted octanol–water partition coefficient (Wildman–Crippen LogP) is 3.10. The average Bonchev–Trinajstić information content (AvgIpc) is 2.54. The Morgan fingerprint density at radius 3 is 2.95 bits per heavy atom. The summed E-state index contributed by atoms with van der Waals surface area (Å²) >= 11 is 0. The fraction of sp³-hybridized carbons (Fsp3) is 0.353. The van der Waals surface area contributed by atoms with Crippen molar-refractivity contribution in [1.82, 2.24) is 10.3 Å². The van der Waals surface area contributed by atoms with E-state index in [1.807, 2.05) is 18.5 Å². The number of fused-ring (bicyclic) bond motifs is 1. The molecule has 1 aliphatic rings. The Labute approximate surface area is 120 Å². The van der Waals surface area contributed by atoms with E-state index < -0.39 is 0 Å². The molecule has 0 saturated heterocycles. The number of hydrogen-bond acceptors (Lipinski definition) is 3. The molecule has 3 rings (SSSR count). The third-order valence-corrected chi connectivity index (χ3v) is 4.04. The van der Waals surface area contributed by atoms with Crippen molar-refractivity contribution in [3.63, 3.8) is 0 Å². The lowest BCUT2D eigenvalue weighted by molar-refractivity contribution is 0.404. The van der Waals surface area contributed by atoms with Crippen LogP contribution in [0.4, 0.5) is 0 Å². The Morgan fingerprint density at radius 1 is 1.35 bits per heavy atom. The van der Waals surface area contributed by atoms with Crippen LogP contribution in [0, 0.1) is 0 Å². The van der Waals surface area contributed by atoms with Gasteiger partial charge < -0.3 is 10.1 Å². The number of benzene rings is 1. The van der Waals surface area contributed by atoms with Gasteiger partial charge in [-0.15, -0.1) is 0 Å². The van der Waals surface area contributed by atoms with Gasteiger partial charge in [-0.05, 0) is 47.7 Å². The van der Waals surface area contributed by atoms with Crippen molar-refractivity contribution in [3.8, 4) is 5.75 Å². The molecule has 2 aromatic rings. The van der Waals surface area contributed by atoms with Crippen LogP contribution in [0.1, 0.15) is 36.1 Å². The highest BCUT2D eigenvalue weighted by molar-refractivity contribution is 5.44. The topological polar surface area (TPSA) is 34.1 Å². The van der Waals surface area contributed by atoms with Crippen molar-refractivity contribution >= 4 is 0 Å². The lowest BCUT2D eigenvalue weighted by Crippen LogP contribution is -2.39. The summed E-state index contributed by atoms with van der Waals surface area (Å²) in [7, 11) is 1.71. The van der Waals surface area contributed by atoms with Gasteiger partial charge in [-0.2, -0.15) is 0 Å². The fourth-order valence-electron chi connectivity index (χ4n) is 2.89. The first-order chi connectivity index (χ1) is 9.81. The third kappa shape index (κ3) is 2.41. The normalized spacial score (nSPS) is 21.3. The monoisotopic (exact) mass is 268 g/mol. The first-order valence-corrected chi connectivity index (χ1v) is 7.14. The molecule has 0 bridgehead atoms. The zero-order chi connectivity index (χ0) is 13.9. The van der Waals surface area contributed by atoms with E-state index in [9.17, 15) is 0 Å². The van der Waals surface area contributed by atoms with E-state index in [1.54, 1.807) is 7.11 Å². The number of methoxy groups -OCH3 is 1. The molecular formula is C17H20N2O. The molecule has 0 amide bonds. The minimum absolute atomic E-state index is 0.201. The number of pyridine rings is 1. The molecule has 2 atom stereocenters. The van der Waals surface area contributed by atoms with Crippen molar-refractivity contribution in [3.05, 3.63) is 59.4 Å². The van der Waals surface area contributed by atoms with Gasteiger partial charge in [-0.1, -0.05) is 19.1 Å². The first kappa shape index (κ1) is 13.1. The molecule has 3 nitrogen and oxygen atoms in total. The highest BCUT2D eigenvalue weighted by Gasteiger charge is 2.26. The minimum Gasteiger partial charge on any atom is -0.497 e. The highest BCUT2D eigenvalue weighted by atomic mass is 16.5. The number of nitrogens with one attached hydrogen (secondary N) is 1. The maximum absolute atomic E-state index is 5.37. The van der Waals surface area contributed by atoms with Gasteiger partial charge in [0.25, 0.3) is 0 Å². The Kier molecular flexibility index (Phi) is 3.70. The Balaban J connectivity index is 2.06. The SMILES string of the molecule is CCC1Cc2ccc(OC)cc2C(c2cccnc2)N1. The third-order valence-electron chi connectivity index (χ3n) is 4.04. The molecule has 0 aliphatic carbocycles. The number of rotatable bonds is 3. The number of nitrogens with zero attached hydrogens (tertiary/aromatic N) is 1. The number of hydrogen-bond donors (Lipinski definition) is 1. The van der Waals surface area contributed by atoms with Crippen LogP contribution in [0.3, 0.4) is 0 Å². The minimum atomic E-state index is 0.201. The molecule has 2 unspecified atom stereocenters. The van der Waals surface area contributed by atoms with E-state index in [0.29, 0.717) is 6.04 Å². The van der Waals surface area contributed by atoms with Crippen molar-refractivity contribution < 1.29 is 4.74 Å². The molecule has 1 N–H and O–H groups in total. The largest absolute Gasteiger partial charge is 0.497 e. The molecule has 3 heteroatoms. The van der Waals surface area contributed by atoms with Gasteiger partial charge in [0.15, 0.2) is 0 Å². The van der Waals surface area contributed by atoms with Gasteiger partial charge in [0.1, 0.15) is 5.75 Å². The summed E-state index contributed by atoms with van der Waals surface area (Å²) in [5.74, 6) is 0.911. The lowest BCUT2D eigenvalue weighted by Gasteiger charge is -2.33. The lowest BCUT2D eigenvalue weighted by atomic mass is 9.86. The summed E-state index contributed by atoms with van der Waals surface area (Å²) in [5.41, 5.74) is 3.92. The molecule has 0 fully saturated rings. The van der Waals surface area contributed by atoms with E-state index in [-0.39, 0.29) is 6.04 Å². The van der Waals surface area contributed by atoms with E-state index in [4.69, 9.17) is 4.74 Å². The second-order valence-corrected chi connectivity index (χ2v) is 5.26. The van der Waals surface area contributed by atoms with Crippen molar-refractivity contribution in [1.29, 1.82) is 0 Å². The summed E-state index contributed by atoms with van der Waals surface area (Å²) in [6.45, 7) is 2.23. The quantitative estimate of drug-likeness (QED) is 0.928. The van der Waals surface area contributed by atoms with Gasteiger partial charge >= 0.3 is 0 Å². The second kappa shape index (κ2) is 5.63. The van der Waals surface area contributed by atoms with Crippen LogP contribution in [-0.2, 0) is 6.42 Å². The maximum Gasteiger partial charge on any atom is 0.119 e. The van der Waals surface area contributed by atoms with Crippen LogP contribution >= 0.6 is 0 Å². The predicted molar refractivity (Wildman–Crippen MR) is 80.0 cm³/mol. The first-order valence-electron chi connectivity index (χ1n) is 7.14. The summed E-state index contributed by atoms with van der Waals surface area (Å²) < 4.78 is 5.37. The van der Waals surface area contributed by atoms with Crippen molar-refractivity contribution in [2.24, 2.45) is 0 Å². The summed E-state index contributed by atoms with van der Waals surface area (Å²) in [6, 6.07) is 11.2. The smallest absolute Gasteiger partial charge is 0.119 e. The van der Waals surface area contributed by atoms with E-state index >= 15 is 0 Å². The van der Waals surface area contributed by atoms with E-state index in [2.05, 4.69) is 41.5 Å². The molecular weight excluding hydrogens is 248 g/mol. The van der Waals surface area contributed by atoms with Gasteiger partial charge in [-0.25, -0.2) is 0 Å². The standard InChI is InChI=1S/C17H20N2O/c1-3-14-9-12-6-7-15(20-2)10-16(12)17(19-14)13-5-4-8-18-11-13/h4-8,10-11,14,17,19H,3,9H2,1-2H3. The molecule has 1 aliphatic heterocycles. The number of ether oxygens (including phenoxy) is 1. The molecule has 20 heavy (non-hydrogen) atoms. The van der Waals surface area contributed by atoms with Crippen LogP contribution in [-0.4, -0.2) is 18.1 Å². The molecule has 1 aromatic carbocycles. The van der Waals surface area contributed by atoms with Crippen LogP contribution < -0.4 is 10.1 Å². The molecule has 2 heterocycles. The van der Waals surface area contributed by atoms with Crippen LogP contribution in [0.5, 0.6) is 5.75 Å². The molecule has 1 aromatic heterocycles. The van der Waals surface area contributed by atoms with Crippen LogP contribution in [0.2, 0.25) is 0 Å². The zero-order valence-electron chi connectivity index (χ0n) is 12.0. The summed E-state index contributed by atoms with van der Waals surface area (Å²) in [5, 5.41) is 3.73. The van der Waals surface area contributed by atoms with Crippen molar-refractivity contribution in [2.75, 3.05) is 7.11 Å². The fourth-order valence-corrected chi connectivity index (χ4v) is 2.89. The molecule has 0 spiro atoms. The Morgan fingerprint density at radius 2 is 2.25 bits per heavy atom. The van der Waals surface area contributed by atoms with Crippen molar-refractivity contribution in [2.45, 2.75) is 31.8 Å². The van der Waals surface area contributed by atoms with Gasteiger partial charge in [0.2, 0.25) is 0 Å².